The Hall–Kier alpha value is -0.620. The number of nitrogens with zero attached hydrogens (tertiary/aromatic N) is 1. The average molecular weight is 252 g/mol. The molecule has 1 N–H and O–H groups in total. The zero-order valence-electron chi connectivity index (χ0n) is 9.27. The standard InChI is InChI=1S/C10H15F3N2S/c1-7(2)4-14-5-8-6-16-9(15-8)3-10(11,12)13/h6-7,14H,3-5H2,1-2H3. The highest BCUT2D eigenvalue weighted by Gasteiger charge is 2.29. The smallest absolute Gasteiger partial charge is 0.311 e. The molecular weight excluding hydrogens is 237 g/mol. The molecule has 0 aliphatic carbocycles. The summed E-state index contributed by atoms with van der Waals surface area (Å²) in [5.74, 6) is 0.522. The van der Waals surface area contributed by atoms with Gasteiger partial charge in [-0.25, -0.2) is 4.98 Å². The molecule has 92 valence electrons. The Labute approximate surface area is 96.9 Å². The Kier molecular flexibility index (Phi) is 4.73. The summed E-state index contributed by atoms with van der Waals surface area (Å²) >= 11 is 1.06. The highest BCUT2D eigenvalue weighted by Crippen LogP contribution is 2.23. The number of nitrogens with one attached hydrogen (secondary N) is 1. The maximum Gasteiger partial charge on any atom is 0.395 e. The van der Waals surface area contributed by atoms with E-state index in [1.165, 1.54) is 0 Å². The Bertz CT molecular complexity index is 320. The third kappa shape index (κ3) is 5.46. The number of halogens is 3. The molecule has 0 aromatic carbocycles. The number of hydrogen-bond acceptors (Lipinski definition) is 3. The molecule has 0 amide bonds. The molecule has 0 fully saturated rings. The molecule has 2 nitrogen and oxygen atoms in total. The van der Waals surface area contributed by atoms with E-state index in [0.717, 1.165) is 17.9 Å². The van der Waals surface area contributed by atoms with Crippen LogP contribution in [-0.4, -0.2) is 17.7 Å². The monoisotopic (exact) mass is 252 g/mol. The van der Waals surface area contributed by atoms with Crippen LogP contribution in [0.5, 0.6) is 0 Å². The number of thiazole rings is 1. The first-order chi connectivity index (χ1) is 7.37. The molecule has 0 spiro atoms. The summed E-state index contributed by atoms with van der Waals surface area (Å²) in [5.41, 5.74) is 0.685. The van der Waals surface area contributed by atoms with Gasteiger partial charge in [0.25, 0.3) is 0 Å². The molecule has 0 saturated heterocycles. The van der Waals surface area contributed by atoms with E-state index < -0.39 is 12.6 Å². The molecule has 1 heterocycles. The Morgan fingerprint density at radius 2 is 2.12 bits per heavy atom. The van der Waals surface area contributed by atoms with Crippen LogP contribution >= 0.6 is 11.3 Å². The van der Waals surface area contributed by atoms with Gasteiger partial charge in [0, 0.05) is 11.9 Å². The first-order valence-electron chi connectivity index (χ1n) is 5.07. The predicted octanol–water partition coefficient (Wildman–Crippen LogP) is 2.99. The molecular formula is C10H15F3N2S. The van der Waals surface area contributed by atoms with Crippen LogP contribution in [0.1, 0.15) is 24.5 Å². The number of hydrogen-bond donors (Lipinski definition) is 1. The van der Waals surface area contributed by atoms with Crippen LogP contribution in [0.15, 0.2) is 5.38 Å². The van der Waals surface area contributed by atoms with Crippen LogP contribution in [0.3, 0.4) is 0 Å². The van der Waals surface area contributed by atoms with Crippen LogP contribution in [0.25, 0.3) is 0 Å². The Morgan fingerprint density at radius 1 is 1.44 bits per heavy atom. The zero-order valence-corrected chi connectivity index (χ0v) is 10.1. The molecule has 0 unspecified atom stereocenters. The Balaban J connectivity index is 2.40. The van der Waals surface area contributed by atoms with Gasteiger partial charge in [0.2, 0.25) is 0 Å². The van der Waals surface area contributed by atoms with Crippen molar-refractivity contribution in [3.05, 3.63) is 16.1 Å². The summed E-state index contributed by atoms with van der Waals surface area (Å²) in [7, 11) is 0. The summed E-state index contributed by atoms with van der Waals surface area (Å²) in [6.07, 6.45) is -5.09. The van der Waals surface area contributed by atoms with E-state index >= 15 is 0 Å². The van der Waals surface area contributed by atoms with E-state index in [-0.39, 0.29) is 5.01 Å². The van der Waals surface area contributed by atoms with Crippen molar-refractivity contribution in [3.8, 4) is 0 Å². The average Bonchev–Trinajstić information content (AvgIpc) is 2.48. The number of rotatable bonds is 5. The number of aromatic nitrogens is 1. The first kappa shape index (κ1) is 13.4. The summed E-state index contributed by atoms with van der Waals surface area (Å²) < 4.78 is 36.2. The minimum Gasteiger partial charge on any atom is -0.311 e. The fourth-order valence-electron chi connectivity index (χ4n) is 1.17. The van der Waals surface area contributed by atoms with Gasteiger partial charge in [0.15, 0.2) is 0 Å². The van der Waals surface area contributed by atoms with Gasteiger partial charge < -0.3 is 5.32 Å². The summed E-state index contributed by atoms with van der Waals surface area (Å²) in [6, 6.07) is 0. The molecule has 0 radical (unpaired) electrons. The molecule has 0 aliphatic heterocycles. The molecule has 0 saturated carbocycles. The number of alkyl halides is 3. The molecule has 1 aromatic heterocycles. The second kappa shape index (κ2) is 5.63. The maximum absolute atomic E-state index is 12.1. The third-order valence-corrected chi connectivity index (χ3v) is 2.71. The van der Waals surface area contributed by atoms with E-state index in [1.807, 2.05) is 0 Å². The molecule has 16 heavy (non-hydrogen) atoms. The lowest BCUT2D eigenvalue weighted by Gasteiger charge is -2.05. The van der Waals surface area contributed by atoms with Crippen LogP contribution < -0.4 is 5.32 Å². The highest BCUT2D eigenvalue weighted by atomic mass is 32.1. The summed E-state index contributed by atoms with van der Waals surface area (Å²) in [5, 5.41) is 4.95. The minimum absolute atomic E-state index is 0.133. The first-order valence-corrected chi connectivity index (χ1v) is 5.95. The van der Waals surface area contributed by atoms with Crippen molar-refractivity contribution in [2.45, 2.75) is 33.0 Å². The van der Waals surface area contributed by atoms with E-state index in [0.29, 0.717) is 18.2 Å². The van der Waals surface area contributed by atoms with Gasteiger partial charge in [-0.3, -0.25) is 0 Å². The second-order valence-corrected chi connectivity index (χ2v) is 4.99. The zero-order chi connectivity index (χ0) is 12.2. The van der Waals surface area contributed by atoms with Gasteiger partial charge in [-0.15, -0.1) is 11.3 Å². The van der Waals surface area contributed by atoms with Crippen molar-refractivity contribution in [2.75, 3.05) is 6.54 Å². The van der Waals surface area contributed by atoms with Crippen molar-refractivity contribution in [1.82, 2.24) is 10.3 Å². The van der Waals surface area contributed by atoms with Crippen molar-refractivity contribution in [1.29, 1.82) is 0 Å². The summed E-state index contributed by atoms with van der Waals surface area (Å²) in [4.78, 5) is 3.93. The van der Waals surface area contributed by atoms with Gasteiger partial charge in [-0.1, -0.05) is 13.8 Å². The van der Waals surface area contributed by atoms with E-state index in [1.54, 1.807) is 5.38 Å². The van der Waals surface area contributed by atoms with Crippen LogP contribution in [0, 0.1) is 5.92 Å². The maximum atomic E-state index is 12.1. The Morgan fingerprint density at radius 3 is 2.69 bits per heavy atom. The second-order valence-electron chi connectivity index (χ2n) is 4.05. The van der Waals surface area contributed by atoms with E-state index in [9.17, 15) is 13.2 Å². The quantitative estimate of drug-likeness (QED) is 0.871. The molecule has 0 atom stereocenters. The molecule has 1 rings (SSSR count). The molecule has 6 heteroatoms. The molecule has 0 bridgehead atoms. The van der Waals surface area contributed by atoms with Gasteiger partial charge >= 0.3 is 6.18 Å². The predicted molar refractivity (Wildman–Crippen MR) is 58.4 cm³/mol. The lowest BCUT2D eigenvalue weighted by atomic mass is 10.2. The van der Waals surface area contributed by atoms with Gasteiger partial charge in [-0.2, -0.15) is 13.2 Å². The summed E-state index contributed by atoms with van der Waals surface area (Å²) in [6.45, 7) is 5.52. The van der Waals surface area contributed by atoms with Crippen molar-refractivity contribution in [2.24, 2.45) is 5.92 Å². The normalized spacial score (nSPS) is 12.4. The van der Waals surface area contributed by atoms with Crippen molar-refractivity contribution in [3.63, 3.8) is 0 Å². The van der Waals surface area contributed by atoms with Crippen LogP contribution in [-0.2, 0) is 13.0 Å². The third-order valence-electron chi connectivity index (χ3n) is 1.81. The van der Waals surface area contributed by atoms with Gasteiger partial charge in [-0.05, 0) is 12.5 Å². The van der Waals surface area contributed by atoms with Gasteiger partial charge in [0.05, 0.1) is 12.1 Å². The van der Waals surface area contributed by atoms with Crippen molar-refractivity contribution < 1.29 is 13.2 Å². The van der Waals surface area contributed by atoms with E-state index in [2.05, 4.69) is 24.1 Å². The highest BCUT2D eigenvalue weighted by molar-refractivity contribution is 7.09. The molecule has 0 aliphatic rings. The minimum atomic E-state index is -4.17. The van der Waals surface area contributed by atoms with Crippen LogP contribution in [0.2, 0.25) is 0 Å². The molecule has 1 aromatic rings. The topological polar surface area (TPSA) is 24.9 Å². The fourth-order valence-corrected chi connectivity index (χ4v) is 2.00. The largest absolute Gasteiger partial charge is 0.395 e. The van der Waals surface area contributed by atoms with Crippen LogP contribution in [0.4, 0.5) is 13.2 Å². The van der Waals surface area contributed by atoms with Gasteiger partial charge in [0.1, 0.15) is 5.01 Å². The fraction of sp³-hybridized carbons (Fsp3) is 0.700. The lowest BCUT2D eigenvalue weighted by molar-refractivity contribution is -0.127. The van der Waals surface area contributed by atoms with E-state index in [4.69, 9.17) is 0 Å². The van der Waals surface area contributed by atoms with Crippen molar-refractivity contribution >= 4 is 11.3 Å². The SMILES string of the molecule is CC(C)CNCc1csc(CC(F)(F)F)n1. The lowest BCUT2D eigenvalue weighted by Crippen LogP contribution is -2.19.